The van der Waals surface area contributed by atoms with Crippen molar-refractivity contribution in [1.82, 2.24) is 14.9 Å². The van der Waals surface area contributed by atoms with Crippen LogP contribution in [0.3, 0.4) is 0 Å². The number of hydrogen-bond donors (Lipinski definition) is 2. The van der Waals surface area contributed by atoms with E-state index in [1.165, 1.54) is 24.3 Å². The summed E-state index contributed by atoms with van der Waals surface area (Å²) in [5.74, 6) is -0.437. The van der Waals surface area contributed by atoms with E-state index in [4.69, 9.17) is 0 Å². The molecule has 3 heterocycles. The van der Waals surface area contributed by atoms with Crippen LogP contribution in [-0.2, 0) is 13.0 Å². The fourth-order valence-electron chi connectivity index (χ4n) is 3.87. The molecule has 0 aliphatic carbocycles. The SMILES string of the molecule is O=C(c1ccc(F)cc1)N1CCc2[nH]c3nccc(Nc4ccccc4)c3c2C1. The molecule has 144 valence electrons. The number of nitrogens with zero attached hydrogens (tertiary/aromatic N) is 2. The minimum Gasteiger partial charge on any atom is -0.355 e. The van der Waals surface area contributed by atoms with Gasteiger partial charge in [0.1, 0.15) is 11.5 Å². The van der Waals surface area contributed by atoms with E-state index in [0.29, 0.717) is 18.7 Å². The van der Waals surface area contributed by atoms with Crippen molar-refractivity contribution >= 4 is 28.3 Å². The molecule has 6 heteroatoms. The van der Waals surface area contributed by atoms with Crippen molar-refractivity contribution < 1.29 is 9.18 Å². The zero-order chi connectivity index (χ0) is 19.8. The first kappa shape index (κ1) is 17.4. The monoisotopic (exact) mass is 386 g/mol. The summed E-state index contributed by atoms with van der Waals surface area (Å²) < 4.78 is 13.2. The van der Waals surface area contributed by atoms with E-state index in [1.54, 1.807) is 6.20 Å². The largest absolute Gasteiger partial charge is 0.355 e. The van der Waals surface area contributed by atoms with Crippen LogP contribution in [0.15, 0.2) is 66.9 Å². The van der Waals surface area contributed by atoms with Crippen molar-refractivity contribution in [3.05, 3.63) is 89.5 Å². The van der Waals surface area contributed by atoms with Gasteiger partial charge < -0.3 is 15.2 Å². The van der Waals surface area contributed by atoms with Crippen LogP contribution in [0.1, 0.15) is 21.6 Å². The van der Waals surface area contributed by atoms with E-state index in [1.807, 2.05) is 41.3 Å². The molecule has 1 amide bonds. The van der Waals surface area contributed by atoms with Crippen molar-refractivity contribution in [3.63, 3.8) is 0 Å². The molecule has 0 radical (unpaired) electrons. The van der Waals surface area contributed by atoms with E-state index in [-0.39, 0.29) is 11.7 Å². The predicted octanol–water partition coefficient (Wildman–Crippen LogP) is 4.64. The molecule has 0 fully saturated rings. The van der Waals surface area contributed by atoms with Gasteiger partial charge in [-0.3, -0.25) is 4.79 Å². The Balaban J connectivity index is 1.50. The maximum absolute atomic E-state index is 13.2. The van der Waals surface area contributed by atoms with Crippen LogP contribution in [0.25, 0.3) is 11.0 Å². The predicted molar refractivity (Wildman–Crippen MR) is 111 cm³/mol. The third kappa shape index (κ3) is 3.23. The maximum Gasteiger partial charge on any atom is 0.254 e. The minimum atomic E-state index is -0.346. The second kappa shape index (κ2) is 7.05. The zero-order valence-electron chi connectivity index (χ0n) is 15.7. The average molecular weight is 386 g/mol. The smallest absolute Gasteiger partial charge is 0.254 e. The molecule has 0 saturated heterocycles. The van der Waals surface area contributed by atoms with Gasteiger partial charge in [-0.05, 0) is 42.5 Å². The van der Waals surface area contributed by atoms with Crippen LogP contribution >= 0.6 is 0 Å². The molecule has 2 aromatic carbocycles. The highest BCUT2D eigenvalue weighted by molar-refractivity contribution is 5.97. The van der Waals surface area contributed by atoms with E-state index in [0.717, 1.165) is 40.1 Å². The van der Waals surface area contributed by atoms with Crippen molar-refractivity contribution in [2.45, 2.75) is 13.0 Å². The molecule has 0 spiro atoms. The first-order valence-corrected chi connectivity index (χ1v) is 9.54. The Kier molecular flexibility index (Phi) is 4.24. The van der Waals surface area contributed by atoms with Crippen LogP contribution in [0, 0.1) is 5.82 Å². The number of pyridine rings is 1. The molecule has 29 heavy (non-hydrogen) atoms. The summed E-state index contributed by atoms with van der Waals surface area (Å²) in [6, 6.07) is 17.6. The number of carbonyl (C=O) groups is 1. The molecular weight excluding hydrogens is 367 g/mol. The average Bonchev–Trinajstić information content (AvgIpc) is 3.13. The van der Waals surface area contributed by atoms with Crippen molar-refractivity contribution in [2.24, 2.45) is 0 Å². The second-order valence-electron chi connectivity index (χ2n) is 7.14. The molecule has 5 nitrogen and oxygen atoms in total. The van der Waals surface area contributed by atoms with Gasteiger partial charge in [-0.25, -0.2) is 9.37 Å². The number of aromatic nitrogens is 2. The topological polar surface area (TPSA) is 61.0 Å². The maximum atomic E-state index is 13.2. The number of halogens is 1. The number of hydrogen-bond acceptors (Lipinski definition) is 3. The Morgan fingerprint density at radius 2 is 1.86 bits per heavy atom. The normalized spacial score (nSPS) is 13.3. The summed E-state index contributed by atoms with van der Waals surface area (Å²) in [7, 11) is 0. The molecule has 4 aromatic rings. The molecule has 2 aromatic heterocycles. The lowest BCUT2D eigenvalue weighted by atomic mass is 10.0. The molecule has 0 unspecified atom stereocenters. The van der Waals surface area contributed by atoms with Gasteiger partial charge in [0.15, 0.2) is 0 Å². The first-order chi connectivity index (χ1) is 14.2. The number of rotatable bonds is 3. The van der Waals surface area contributed by atoms with Gasteiger partial charge in [0.2, 0.25) is 0 Å². The number of anilines is 2. The molecule has 2 N–H and O–H groups in total. The number of benzene rings is 2. The van der Waals surface area contributed by atoms with Crippen LogP contribution in [0.2, 0.25) is 0 Å². The third-order valence-electron chi connectivity index (χ3n) is 5.30. The molecule has 0 atom stereocenters. The van der Waals surface area contributed by atoms with Gasteiger partial charge in [0, 0.05) is 53.6 Å². The number of H-pyrrole nitrogens is 1. The zero-order valence-corrected chi connectivity index (χ0v) is 15.7. The van der Waals surface area contributed by atoms with Crippen molar-refractivity contribution in [2.75, 3.05) is 11.9 Å². The van der Waals surface area contributed by atoms with Crippen molar-refractivity contribution in [1.29, 1.82) is 0 Å². The van der Waals surface area contributed by atoms with E-state index in [9.17, 15) is 9.18 Å². The highest BCUT2D eigenvalue weighted by atomic mass is 19.1. The number of carbonyl (C=O) groups excluding carboxylic acids is 1. The second-order valence-corrected chi connectivity index (χ2v) is 7.14. The van der Waals surface area contributed by atoms with Gasteiger partial charge in [0.05, 0.1) is 5.69 Å². The lowest BCUT2D eigenvalue weighted by Gasteiger charge is -2.27. The fourth-order valence-corrected chi connectivity index (χ4v) is 3.87. The highest BCUT2D eigenvalue weighted by Gasteiger charge is 2.26. The molecule has 0 bridgehead atoms. The van der Waals surface area contributed by atoms with Crippen LogP contribution in [0.4, 0.5) is 15.8 Å². The van der Waals surface area contributed by atoms with Gasteiger partial charge >= 0.3 is 0 Å². The molecule has 1 aliphatic heterocycles. The number of para-hydroxylation sites is 1. The molecule has 1 aliphatic rings. The Labute approximate surface area is 167 Å². The summed E-state index contributed by atoms with van der Waals surface area (Å²) >= 11 is 0. The Morgan fingerprint density at radius 3 is 2.66 bits per heavy atom. The van der Waals surface area contributed by atoms with Crippen LogP contribution in [0.5, 0.6) is 0 Å². The van der Waals surface area contributed by atoms with Gasteiger partial charge in [-0.15, -0.1) is 0 Å². The summed E-state index contributed by atoms with van der Waals surface area (Å²) in [4.78, 5) is 22.6. The van der Waals surface area contributed by atoms with E-state index in [2.05, 4.69) is 15.3 Å². The Hall–Kier alpha value is -3.67. The molecule has 0 saturated carbocycles. The number of fused-ring (bicyclic) bond motifs is 3. The Bertz CT molecular complexity index is 1180. The third-order valence-corrected chi connectivity index (χ3v) is 5.30. The van der Waals surface area contributed by atoms with E-state index < -0.39 is 0 Å². The first-order valence-electron chi connectivity index (χ1n) is 9.54. The van der Waals surface area contributed by atoms with E-state index >= 15 is 0 Å². The molecule has 5 rings (SSSR count). The number of amides is 1. The summed E-state index contributed by atoms with van der Waals surface area (Å²) in [5.41, 5.74) is 5.44. The lowest BCUT2D eigenvalue weighted by molar-refractivity contribution is 0.0735. The van der Waals surface area contributed by atoms with Crippen LogP contribution in [-0.4, -0.2) is 27.3 Å². The number of nitrogens with one attached hydrogen (secondary N) is 2. The van der Waals surface area contributed by atoms with Crippen molar-refractivity contribution in [3.8, 4) is 0 Å². The lowest BCUT2D eigenvalue weighted by Crippen LogP contribution is -2.35. The number of aromatic amines is 1. The molecular formula is C23H19FN4O. The quantitative estimate of drug-likeness (QED) is 0.539. The van der Waals surface area contributed by atoms with Gasteiger partial charge in [-0.2, -0.15) is 0 Å². The minimum absolute atomic E-state index is 0.0912. The van der Waals surface area contributed by atoms with Gasteiger partial charge in [0.25, 0.3) is 5.91 Å². The summed E-state index contributed by atoms with van der Waals surface area (Å²) in [5, 5.41) is 4.46. The highest BCUT2D eigenvalue weighted by Crippen LogP contribution is 2.33. The Morgan fingerprint density at radius 1 is 1.07 bits per heavy atom. The standard InChI is InChI=1S/C23H19FN4O/c24-16-8-6-15(7-9-16)23(29)28-13-11-19-18(14-28)21-20(10-12-25-22(21)27-19)26-17-4-2-1-3-5-17/h1-10,12H,11,13-14H2,(H2,25,26,27). The summed E-state index contributed by atoms with van der Waals surface area (Å²) in [6.07, 6.45) is 2.50. The fraction of sp³-hybridized carbons (Fsp3) is 0.130. The summed E-state index contributed by atoms with van der Waals surface area (Å²) in [6.45, 7) is 1.10. The van der Waals surface area contributed by atoms with Gasteiger partial charge in [-0.1, -0.05) is 18.2 Å². The van der Waals surface area contributed by atoms with Crippen LogP contribution < -0.4 is 5.32 Å².